The van der Waals surface area contributed by atoms with Gasteiger partial charge in [0.2, 0.25) is 0 Å². The highest BCUT2D eigenvalue weighted by molar-refractivity contribution is 9.10. The number of nitrogens with zero attached hydrogens (tertiary/aromatic N) is 2. The number of nitrogens with one attached hydrogen (secondary N) is 1. The van der Waals surface area contributed by atoms with Gasteiger partial charge in [-0.15, -0.1) is 0 Å². The summed E-state index contributed by atoms with van der Waals surface area (Å²) in [6, 6.07) is 15.6. The van der Waals surface area contributed by atoms with Gasteiger partial charge in [0.05, 0.1) is 23.2 Å². The molecule has 0 unspecified atom stereocenters. The summed E-state index contributed by atoms with van der Waals surface area (Å²) in [5.74, 6) is 1.29. The minimum absolute atomic E-state index is 0.459. The van der Waals surface area contributed by atoms with E-state index in [1.165, 1.54) is 0 Å². The molecule has 0 fully saturated rings. The van der Waals surface area contributed by atoms with Crippen LogP contribution in [0.15, 0.2) is 46.9 Å². The summed E-state index contributed by atoms with van der Waals surface area (Å²) in [7, 11) is 0. The topological polar surface area (TPSA) is 61.7 Å². The van der Waals surface area contributed by atoms with Gasteiger partial charge in [0.1, 0.15) is 17.6 Å². The molecule has 1 N–H and O–H groups in total. The number of allylic oxidation sites excluding steroid dienone is 1. The summed E-state index contributed by atoms with van der Waals surface area (Å²) in [5, 5.41) is 9.53. The number of hydrogen-bond acceptors (Lipinski definition) is 3. The average Bonchev–Trinajstić information content (AvgIpc) is 2.98. The lowest BCUT2D eigenvalue weighted by molar-refractivity contribution is 0.339. The molecule has 23 heavy (non-hydrogen) atoms. The maximum absolute atomic E-state index is 9.53. The first-order valence-electron chi connectivity index (χ1n) is 7.20. The first kappa shape index (κ1) is 15.3. The van der Waals surface area contributed by atoms with Crippen molar-refractivity contribution in [1.82, 2.24) is 9.97 Å². The number of hydrogen-bond donors (Lipinski definition) is 1. The molecular formula is C18H14BrN3O. The Labute approximate surface area is 142 Å². The fourth-order valence-corrected chi connectivity index (χ4v) is 2.69. The van der Waals surface area contributed by atoms with Crippen LogP contribution in [0.3, 0.4) is 0 Å². The third-order valence-corrected chi connectivity index (χ3v) is 3.83. The summed E-state index contributed by atoms with van der Waals surface area (Å²) in [4.78, 5) is 7.66. The second-order valence-corrected chi connectivity index (χ2v) is 5.80. The maximum Gasteiger partial charge on any atom is 0.149 e. The Hall–Kier alpha value is -2.58. The van der Waals surface area contributed by atoms with Gasteiger partial charge in [0.25, 0.3) is 0 Å². The molecule has 0 saturated heterocycles. The van der Waals surface area contributed by atoms with Crippen molar-refractivity contribution < 1.29 is 4.74 Å². The lowest BCUT2D eigenvalue weighted by Gasteiger charge is -2.07. The smallest absolute Gasteiger partial charge is 0.149 e. The van der Waals surface area contributed by atoms with E-state index in [0.717, 1.165) is 26.8 Å². The standard InChI is InChI=1S/C18H14BrN3O/c1-2-23-17-8-7-14(19)10-12(17)9-13(11-20)18-21-15-5-3-4-6-16(15)22-18/h3-10H,2H2,1H3,(H,21,22)/b13-9+. The van der Waals surface area contributed by atoms with Crippen LogP contribution in [0.2, 0.25) is 0 Å². The number of halogens is 1. The number of rotatable bonds is 4. The van der Waals surface area contributed by atoms with E-state index in [1.54, 1.807) is 6.08 Å². The highest BCUT2D eigenvalue weighted by Crippen LogP contribution is 2.27. The van der Waals surface area contributed by atoms with E-state index in [2.05, 4.69) is 32.0 Å². The fraction of sp³-hybridized carbons (Fsp3) is 0.111. The van der Waals surface area contributed by atoms with E-state index in [0.29, 0.717) is 18.0 Å². The second-order valence-electron chi connectivity index (χ2n) is 4.89. The quantitative estimate of drug-likeness (QED) is 0.674. The van der Waals surface area contributed by atoms with Gasteiger partial charge in [0.15, 0.2) is 0 Å². The summed E-state index contributed by atoms with van der Waals surface area (Å²) in [6.07, 6.45) is 1.79. The number of imidazole rings is 1. The average molecular weight is 368 g/mol. The van der Waals surface area contributed by atoms with Gasteiger partial charge >= 0.3 is 0 Å². The van der Waals surface area contributed by atoms with Crippen LogP contribution in [-0.4, -0.2) is 16.6 Å². The molecule has 0 aliphatic carbocycles. The Morgan fingerprint density at radius 1 is 1.35 bits per heavy atom. The Morgan fingerprint density at radius 3 is 2.91 bits per heavy atom. The molecule has 0 spiro atoms. The van der Waals surface area contributed by atoms with Crippen molar-refractivity contribution in [2.75, 3.05) is 6.61 Å². The molecule has 4 nitrogen and oxygen atoms in total. The van der Waals surface area contributed by atoms with E-state index in [1.807, 2.05) is 49.4 Å². The molecule has 5 heteroatoms. The van der Waals surface area contributed by atoms with Gasteiger partial charge in [-0.3, -0.25) is 0 Å². The number of ether oxygens (including phenoxy) is 1. The highest BCUT2D eigenvalue weighted by atomic mass is 79.9. The highest BCUT2D eigenvalue weighted by Gasteiger charge is 2.10. The van der Waals surface area contributed by atoms with Crippen molar-refractivity contribution in [3.8, 4) is 11.8 Å². The number of aromatic amines is 1. The molecule has 0 bridgehead atoms. The number of fused-ring (bicyclic) bond motifs is 1. The molecule has 0 amide bonds. The minimum Gasteiger partial charge on any atom is -0.493 e. The number of para-hydroxylation sites is 2. The van der Waals surface area contributed by atoms with Crippen LogP contribution in [0.1, 0.15) is 18.3 Å². The molecule has 1 heterocycles. The number of nitriles is 1. The van der Waals surface area contributed by atoms with Crippen molar-refractivity contribution in [2.24, 2.45) is 0 Å². The van der Waals surface area contributed by atoms with Gasteiger partial charge in [0, 0.05) is 10.0 Å². The van der Waals surface area contributed by atoms with Gasteiger partial charge in [-0.05, 0) is 43.3 Å². The van der Waals surface area contributed by atoms with Crippen LogP contribution in [0.25, 0.3) is 22.7 Å². The fourth-order valence-electron chi connectivity index (χ4n) is 2.31. The summed E-state index contributed by atoms with van der Waals surface area (Å²) >= 11 is 3.45. The van der Waals surface area contributed by atoms with Crippen LogP contribution >= 0.6 is 15.9 Å². The van der Waals surface area contributed by atoms with Gasteiger partial charge in [-0.1, -0.05) is 28.1 Å². The molecule has 3 rings (SSSR count). The first-order valence-corrected chi connectivity index (χ1v) is 8.00. The Kier molecular flexibility index (Phi) is 4.45. The van der Waals surface area contributed by atoms with Crippen molar-refractivity contribution in [2.45, 2.75) is 6.92 Å². The summed E-state index contributed by atoms with van der Waals surface area (Å²) < 4.78 is 6.55. The molecule has 0 aliphatic rings. The van der Waals surface area contributed by atoms with E-state index in [9.17, 15) is 5.26 Å². The first-order chi connectivity index (χ1) is 11.2. The Morgan fingerprint density at radius 2 is 2.17 bits per heavy atom. The van der Waals surface area contributed by atoms with Gasteiger partial charge < -0.3 is 9.72 Å². The summed E-state index contributed by atoms with van der Waals surface area (Å²) in [6.45, 7) is 2.50. The van der Waals surface area contributed by atoms with Crippen LogP contribution in [0.4, 0.5) is 0 Å². The number of benzene rings is 2. The maximum atomic E-state index is 9.53. The molecule has 0 radical (unpaired) electrons. The van der Waals surface area contributed by atoms with Crippen molar-refractivity contribution >= 4 is 38.6 Å². The number of H-pyrrole nitrogens is 1. The molecule has 1 aromatic heterocycles. The normalized spacial score (nSPS) is 11.4. The zero-order valence-corrected chi connectivity index (χ0v) is 14.1. The lowest BCUT2D eigenvalue weighted by atomic mass is 10.1. The lowest BCUT2D eigenvalue weighted by Crippen LogP contribution is -1.94. The third kappa shape index (κ3) is 3.27. The van der Waals surface area contributed by atoms with Crippen LogP contribution in [-0.2, 0) is 0 Å². The monoisotopic (exact) mass is 367 g/mol. The second kappa shape index (κ2) is 6.67. The largest absolute Gasteiger partial charge is 0.493 e. The molecular weight excluding hydrogens is 354 g/mol. The zero-order valence-electron chi connectivity index (χ0n) is 12.5. The van der Waals surface area contributed by atoms with Crippen LogP contribution in [0.5, 0.6) is 5.75 Å². The van der Waals surface area contributed by atoms with E-state index >= 15 is 0 Å². The molecule has 0 aliphatic heterocycles. The molecule has 3 aromatic rings. The predicted octanol–water partition coefficient (Wildman–Crippen LogP) is 4.79. The zero-order chi connectivity index (χ0) is 16.2. The minimum atomic E-state index is 0.459. The third-order valence-electron chi connectivity index (χ3n) is 3.34. The van der Waals surface area contributed by atoms with Crippen LogP contribution < -0.4 is 4.74 Å². The Balaban J connectivity index is 2.08. The van der Waals surface area contributed by atoms with Crippen molar-refractivity contribution in [1.29, 1.82) is 5.26 Å². The molecule has 0 atom stereocenters. The van der Waals surface area contributed by atoms with Gasteiger partial charge in [-0.2, -0.15) is 5.26 Å². The van der Waals surface area contributed by atoms with Gasteiger partial charge in [-0.25, -0.2) is 4.98 Å². The molecule has 2 aromatic carbocycles. The van der Waals surface area contributed by atoms with Crippen LogP contribution in [0, 0.1) is 11.3 Å². The Bertz CT molecular complexity index is 888. The van der Waals surface area contributed by atoms with Crippen molar-refractivity contribution in [3.63, 3.8) is 0 Å². The molecule has 0 saturated carbocycles. The van der Waals surface area contributed by atoms with E-state index < -0.39 is 0 Å². The predicted molar refractivity (Wildman–Crippen MR) is 94.9 cm³/mol. The van der Waals surface area contributed by atoms with Crippen molar-refractivity contribution in [3.05, 3.63) is 58.3 Å². The summed E-state index contributed by atoms with van der Waals surface area (Å²) in [5.41, 5.74) is 3.03. The van der Waals surface area contributed by atoms with E-state index in [-0.39, 0.29) is 0 Å². The molecule has 114 valence electrons. The SMILES string of the molecule is CCOc1ccc(Br)cc1/C=C(\C#N)c1nc2ccccc2[nH]1. The number of aromatic nitrogens is 2. The van der Waals surface area contributed by atoms with E-state index in [4.69, 9.17) is 4.74 Å².